The summed E-state index contributed by atoms with van der Waals surface area (Å²) >= 11 is 0. The predicted octanol–water partition coefficient (Wildman–Crippen LogP) is 4.02. The lowest BCUT2D eigenvalue weighted by Crippen LogP contribution is -2.10. The van der Waals surface area contributed by atoms with Gasteiger partial charge in [-0.2, -0.15) is 0 Å². The van der Waals surface area contributed by atoms with E-state index >= 15 is 0 Å². The van der Waals surface area contributed by atoms with Crippen LogP contribution in [0.2, 0.25) is 0 Å². The van der Waals surface area contributed by atoms with Crippen LogP contribution in [0.5, 0.6) is 5.75 Å². The first-order valence-corrected chi connectivity index (χ1v) is 7.86. The van der Waals surface area contributed by atoms with Gasteiger partial charge in [-0.25, -0.2) is 4.98 Å². The number of aromatic nitrogens is 2. The second kappa shape index (κ2) is 6.65. The first kappa shape index (κ1) is 15.3. The fourth-order valence-electron chi connectivity index (χ4n) is 2.41. The number of nitrogens with zero attached hydrogens (tertiary/aromatic N) is 1. The zero-order valence-corrected chi connectivity index (χ0v) is 13.4. The maximum Gasteiger partial charge on any atom is 0.259 e. The second-order valence-electron chi connectivity index (χ2n) is 5.96. The van der Waals surface area contributed by atoms with E-state index in [0.717, 1.165) is 17.7 Å². The quantitative estimate of drug-likeness (QED) is 0.774. The topological polar surface area (TPSA) is 55.0 Å². The summed E-state index contributed by atoms with van der Waals surface area (Å²) in [5, 5.41) is 0.592. The van der Waals surface area contributed by atoms with Gasteiger partial charge in [0.1, 0.15) is 11.6 Å². The van der Waals surface area contributed by atoms with Crippen molar-refractivity contribution in [3.05, 3.63) is 58.9 Å². The van der Waals surface area contributed by atoms with Gasteiger partial charge in [0.05, 0.1) is 23.1 Å². The van der Waals surface area contributed by atoms with Gasteiger partial charge in [0.25, 0.3) is 5.56 Å². The van der Waals surface area contributed by atoms with Gasteiger partial charge < -0.3 is 9.72 Å². The zero-order chi connectivity index (χ0) is 16.2. The second-order valence-corrected chi connectivity index (χ2v) is 5.96. The van der Waals surface area contributed by atoms with E-state index in [1.54, 1.807) is 6.07 Å². The molecule has 0 amide bonds. The monoisotopic (exact) mass is 308 g/mol. The number of ether oxygens (including phenoxy) is 1. The Kier molecular flexibility index (Phi) is 4.42. The summed E-state index contributed by atoms with van der Waals surface area (Å²) in [5.74, 6) is 1.86. The van der Waals surface area contributed by atoms with E-state index in [2.05, 4.69) is 23.8 Å². The lowest BCUT2D eigenvalue weighted by atomic mass is 10.1. The molecule has 23 heavy (non-hydrogen) atoms. The number of para-hydroxylation sites is 2. The summed E-state index contributed by atoms with van der Waals surface area (Å²) in [7, 11) is 0. The van der Waals surface area contributed by atoms with E-state index in [4.69, 9.17) is 4.74 Å². The number of rotatable bonds is 5. The van der Waals surface area contributed by atoms with E-state index < -0.39 is 0 Å². The number of aromatic amines is 1. The molecule has 0 aliphatic heterocycles. The largest absolute Gasteiger partial charge is 0.493 e. The van der Waals surface area contributed by atoms with Crippen molar-refractivity contribution in [2.45, 2.75) is 20.3 Å². The van der Waals surface area contributed by atoms with Crippen LogP contribution >= 0.6 is 0 Å². The molecule has 0 bridgehead atoms. The molecule has 0 aliphatic carbocycles. The Morgan fingerprint density at radius 1 is 1.09 bits per heavy atom. The highest BCUT2D eigenvalue weighted by molar-refractivity contribution is 5.80. The standard InChI is InChI=1S/C19H20N2O2/c1-13(2)11-12-23-17-10-6-4-8-15(17)18-20-16-9-5-3-7-14(16)19(22)21-18/h3-10,13H,11-12H2,1-2H3,(H,20,21,22). The molecule has 0 aliphatic rings. The van der Waals surface area contributed by atoms with Gasteiger partial charge in [-0.3, -0.25) is 4.79 Å². The smallest absolute Gasteiger partial charge is 0.259 e. The van der Waals surface area contributed by atoms with Crippen LogP contribution in [0, 0.1) is 5.92 Å². The molecule has 3 rings (SSSR count). The van der Waals surface area contributed by atoms with Crippen molar-refractivity contribution >= 4 is 10.9 Å². The van der Waals surface area contributed by atoms with Crippen molar-refractivity contribution in [1.82, 2.24) is 9.97 Å². The number of fused-ring (bicyclic) bond motifs is 1. The minimum absolute atomic E-state index is 0.136. The minimum atomic E-state index is -0.136. The molecule has 0 spiro atoms. The zero-order valence-electron chi connectivity index (χ0n) is 13.4. The van der Waals surface area contributed by atoms with E-state index in [0.29, 0.717) is 29.3 Å². The van der Waals surface area contributed by atoms with Crippen molar-refractivity contribution in [3.63, 3.8) is 0 Å². The molecule has 118 valence electrons. The first-order chi connectivity index (χ1) is 11.1. The van der Waals surface area contributed by atoms with Crippen LogP contribution in [0.1, 0.15) is 20.3 Å². The van der Waals surface area contributed by atoms with Crippen LogP contribution in [-0.4, -0.2) is 16.6 Å². The lowest BCUT2D eigenvalue weighted by molar-refractivity contribution is 0.290. The molecule has 1 N–H and O–H groups in total. The fourth-order valence-corrected chi connectivity index (χ4v) is 2.41. The maximum atomic E-state index is 12.3. The average molecular weight is 308 g/mol. The highest BCUT2D eigenvalue weighted by Gasteiger charge is 2.10. The lowest BCUT2D eigenvalue weighted by Gasteiger charge is -2.12. The highest BCUT2D eigenvalue weighted by Crippen LogP contribution is 2.27. The summed E-state index contributed by atoms with van der Waals surface area (Å²) in [6.07, 6.45) is 0.982. The van der Waals surface area contributed by atoms with Crippen LogP contribution in [0.3, 0.4) is 0 Å². The third-order valence-electron chi connectivity index (χ3n) is 3.71. The summed E-state index contributed by atoms with van der Waals surface area (Å²) in [6, 6.07) is 15.0. The number of nitrogens with one attached hydrogen (secondary N) is 1. The molecule has 4 heteroatoms. The predicted molar refractivity (Wildman–Crippen MR) is 92.7 cm³/mol. The van der Waals surface area contributed by atoms with Gasteiger partial charge in [-0.15, -0.1) is 0 Å². The molecular formula is C19H20N2O2. The summed E-state index contributed by atoms with van der Waals surface area (Å²) in [6.45, 7) is 4.97. The van der Waals surface area contributed by atoms with Crippen LogP contribution in [0.4, 0.5) is 0 Å². The van der Waals surface area contributed by atoms with Gasteiger partial charge in [0.15, 0.2) is 0 Å². The van der Waals surface area contributed by atoms with E-state index in [9.17, 15) is 4.79 Å². The molecule has 3 aromatic rings. The maximum absolute atomic E-state index is 12.3. The van der Waals surface area contributed by atoms with Crippen molar-refractivity contribution < 1.29 is 4.74 Å². The van der Waals surface area contributed by atoms with Gasteiger partial charge in [-0.05, 0) is 36.6 Å². The molecule has 4 nitrogen and oxygen atoms in total. The molecule has 0 saturated carbocycles. The average Bonchev–Trinajstić information content (AvgIpc) is 2.55. The molecule has 1 heterocycles. The van der Waals surface area contributed by atoms with Crippen molar-refractivity contribution in [2.75, 3.05) is 6.61 Å². The molecule has 0 atom stereocenters. The minimum Gasteiger partial charge on any atom is -0.493 e. The highest BCUT2D eigenvalue weighted by atomic mass is 16.5. The van der Waals surface area contributed by atoms with E-state index in [1.165, 1.54) is 0 Å². The third kappa shape index (κ3) is 3.42. The normalized spacial score (nSPS) is 11.1. The fraction of sp³-hybridized carbons (Fsp3) is 0.263. The Morgan fingerprint density at radius 3 is 2.65 bits per heavy atom. The van der Waals surface area contributed by atoms with Crippen molar-refractivity contribution in [2.24, 2.45) is 5.92 Å². The Bertz CT molecular complexity index is 868. The SMILES string of the molecule is CC(C)CCOc1ccccc1-c1nc2ccccc2c(=O)[nH]1. The first-order valence-electron chi connectivity index (χ1n) is 7.86. The number of hydrogen-bond acceptors (Lipinski definition) is 3. The molecule has 0 fully saturated rings. The number of hydrogen-bond donors (Lipinski definition) is 1. The van der Waals surface area contributed by atoms with Crippen LogP contribution in [0.15, 0.2) is 53.3 Å². The van der Waals surface area contributed by atoms with Gasteiger partial charge >= 0.3 is 0 Å². The molecular weight excluding hydrogens is 288 g/mol. The van der Waals surface area contributed by atoms with Crippen LogP contribution in [0.25, 0.3) is 22.3 Å². The summed E-state index contributed by atoms with van der Waals surface area (Å²) in [5.41, 5.74) is 1.35. The van der Waals surface area contributed by atoms with E-state index in [1.807, 2.05) is 42.5 Å². The molecule has 0 unspecified atom stereocenters. The Morgan fingerprint density at radius 2 is 1.83 bits per heavy atom. The van der Waals surface area contributed by atoms with Crippen LogP contribution < -0.4 is 10.3 Å². The Hall–Kier alpha value is -2.62. The molecule has 0 radical (unpaired) electrons. The van der Waals surface area contributed by atoms with Crippen molar-refractivity contribution in [1.29, 1.82) is 0 Å². The summed E-state index contributed by atoms with van der Waals surface area (Å²) in [4.78, 5) is 19.7. The summed E-state index contributed by atoms with van der Waals surface area (Å²) < 4.78 is 5.89. The molecule has 1 aromatic heterocycles. The molecule has 2 aromatic carbocycles. The number of benzene rings is 2. The van der Waals surface area contributed by atoms with E-state index in [-0.39, 0.29) is 5.56 Å². The number of H-pyrrole nitrogens is 1. The Labute approximate surface area is 135 Å². The van der Waals surface area contributed by atoms with Crippen molar-refractivity contribution in [3.8, 4) is 17.1 Å². The van der Waals surface area contributed by atoms with Gasteiger partial charge in [0.2, 0.25) is 0 Å². The van der Waals surface area contributed by atoms with Gasteiger partial charge in [0, 0.05) is 0 Å². The van der Waals surface area contributed by atoms with Crippen LogP contribution in [-0.2, 0) is 0 Å². The third-order valence-corrected chi connectivity index (χ3v) is 3.71. The molecule has 0 saturated heterocycles. The van der Waals surface area contributed by atoms with Gasteiger partial charge in [-0.1, -0.05) is 38.1 Å². The Balaban J connectivity index is 2.00.